The molecule has 6 heteroatoms. The molecule has 0 saturated carbocycles. The van der Waals surface area contributed by atoms with Gasteiger partial charge in [-0.1, -0.05) is 78.5 Å². The molecular formula is C24H22N4OS. The van der Waals surface area contributed by atoms with Crippen LogP contribution in [0.4, 0.5) is 0 Å². The Morgan fingerprint density at radius 1 is 0.967 bits per heavy atom. The van der Waals surface area contributed by atoms with Crippen molar-refractivity contribution in [2.24, 2.45) is 0 Å². The zero-order valence-electron chi connectivity index (χ0n) is 16.6. The van der Waals surface area contributed by atoms with Gasteiger partial charge in [0.25, 0.3) is 5.91 Å². The van der Waals surface area contributed by atoms with Gasteiger partial charge in [0.05, 0.1) is 6.04 Å². The van der Waals surface area contributed by atoms with Gasteiger partial charge in [0.15, 0.2) is 5.16 Å². The number of aromatic amines is 1. The summed E-state index contributed by atoms with van der Waals surface area (Å²) in [4.78, 5) is 16.7. The van der Waals surface area contributed by atoms with Crippen molar-refractivity contribution in [3.8, 4) is 11.1 Å². The van der Waals surface area contributed by atoms with Crippen LogP contribution in [0.1, 0.15) is 34.5 Å². The standard InChI is InChI=1S/C24H22N4OS/c1-17(19-11-13-21(14-12-19)20-5-3-2-4-6-20)27-23(29)22-9-7-18(8-10-22)15-30-24-25-16-26-28-24/h2-14,16-17H,15H2,1H3,(H,27,29)(H,25,26,28). The highest BCUT2D eigenvalue weighted by Gasteiger charge is 2.12. The molecule has 1 heterocycles. The van der Waals surface area contributed by atoms with Crippen LogP contribution >= 0.6 is 11.8 Å². The van der Waals surface area contributed by atoms with Gasteiger partial charge in [-0.15, -0.1) is 0 Å². The fourth-order valence-electron chi connectivity index (χ4n) is 3.13. The molecule has 0 fully saturated rings. The molecule has 0 aliphatic heterocycles. The maximum atomic E-state index is 12.6. The molecule has 5 nitrogen and oxygen atoms in total. The highest BCUT2D eigenvalue weighted by Crippen LogP contribution is 2.22. The van der Waals surface area contributed by atoms with Crippen LogP contribution in [0.2, 0.25) is 0 Å². The molecule has 2 N–H and O–H groups in total. The first kappa shape index (κ1) is 19.9. The van der Waals surface area contributed by atoms with E-state index in [0.29, 0.717) is 5.56 Å². The Hall–Kier alpha value is -3.38. The van der Waals surface area contributed by atoms with Crippen molar-refractivity contribution in [2.45, 2.75) is 23.9 Å². The average Bonchev–Trinajstić information content (AvgIpc) is 3.32. The van der Waals surface area contributed by atoms with Crippen molar-refractivity contribution in [1.82, 2.24) is 20.5 Å². The summed E-state index contributed by atoms with van der Waals surface area (Å²) >= 11 is 1.57. The fraction of sp³-hybridized carbons (Fsp3) is 0.125. The van der Waals surface area contributed by atoms with Gasteiger partial charge < -0.3 is 5.32 Å². The number of thioether (sulfide) groups is 1. The third-order valence-corrected chi connectivity index (χ3v) is 5.80. The van der Waals surface area contributed by atoms with E-state index in [1.165, 1.54) is 11.9 Å². The first-order valence-electron chi connectivity index (χ1n) is 9.72. The molecule has 4 aromatic rings. The summed E-state index contributed by atoms with van der Waals surface area (Å²) in [6.45, 7) is 2.00. The zero-order chi connectivity index (χ0) is 20.8. The molecule has 0 saturated heterocycles. The predicted molar refractivity (Wildman–Crippen MR) is 120 cm³/mol. The van der Waals surface area contributed by atoms with Crippen molar-refractivity contribution in [3.63, 3.8) is 0 Å². The normalized spacial score (nSPS) is 11.8. The number of hydrogen-bond acceptors (Lipinski definition) is 4. The van der Waals surface area contributed by atoms with E-state index in [0.717, 1.165) is 27.6 Å². The molecule has 4 rings (SSSR count). The summed E-state index contributed by atoms with van der Waals surface area (Å²) in [5.41, 5.74) is 5.19. The number of nitrogens with zero attached hydrogens (tertiary/aromatic N) is 2. The van der Waals surface area contributed by atoms with Gasteiger partial charge in [-0.3, -0.25) is 9.89 Å². The van der Waals surface area contributed by atoms with E-state index in [9.17, 15) is 4.79 Å². The van der Waals surface area contributed by atoms with Crippen LogP contribution in [0, 0.1) is 0 Å². The molecular weight excluding hydrogens is 392 g/mol. The van der Waals surface area contributed by atoms with Crippen molar-refractivity contribution in [3.05, 3.63) is 102 Å². The molecule has 3 aromatic carbocycles. The molecule has 1 amide bonds. The van der Waals surface area contributed by atoms with Gasteiger partial charge >= 0.3 is 0 Å². The molecule has 0 bridgehead atoms. The van der Waals surface area contributed by atoms with Crippen molar-refractivity contribution in [1.29, 1.82) is 0 Å². The average molecular weight is 415 g/mol. The van der Waals surface area contributed by atoms with Gasteiger partial charge in [0, 0.05) is 11.3 Å². The minimum Gasteiger partial charge on any atom is -0.346 e. The number of carbonyl (C=O) groups excluding carboxylic acids is 1. The van der Waals surface area contributed by atoms with E-state index in [1.54, 1.807) is 11.8 Å². The minimum atomic E-state index is -0.0796. The maximum Gasteiger partial charge on any atom is 0.251 e. The van der Waals surface area contributed by atoms with Gasteiger partial charge in [0.1, 0.15) is 6.33 Å². The molecule has 1 unspecified atom stereocenters. The lowest BCUT2D eigenvalue weighted by molar-refractivity contribution is 0.0940. The van der Waals surface area contributed by atoms with E-state index in [2.05, 4.69) is 56.9 Å². The maximum absolute atomic E-state index is 12.6. The van der Waals surface area contributed by atoms with Gasteiger partial charge in [-0.2, -0.15) is 5.10 Å². The number of rotatable bonds is 7. The van der Waals surface area contributed by atoms with Crippen molar-refractivity contribution >= 4 is 17.7 Å². The third-order valence-electron chi connectivity index (χ3n) is 4.85. The fourth-order valence-corrected chi connectivity index (χ4v) is 3.86. The highest BCUT2D eigenvalue weighted by molar-refractivity contribution is 7.98. The molecule has 0 spiro atoms. The summed E-state index contributed by atoms with van der Waals surface area (Å²) in [7, 11) is 0. The molecule has 1 aromatic heterocycles. The number of carbonyl (C=O) groups is 1. The van der Waals surface area contributed by atoms with Crippen LogP contribution in [-0.4, -0.2) is 21.1 Å². The van der Waals surface area contributed by atoms with Gasteiger partial charge in [0.2, 0.25) is 0 Å². The number of amides is 1. The lowest BCUT2D eigenvalue weighted by atomic mass is 10.0. The molecule has 0 aliphatic rings. The van der Waals surface area contributed by atoms with E-state index in [4.69, 9.17) is 0 Å². The van der Waals surface area contributed by atoms with E-state index in [-0.39, 0.29) is 11.9 Å². The number of nitrogens with one attached hydrogen (secondary N) is 2. The van der Waals surface area contributed by atoms with Gasteiger partial charge in [-0.25, -0.2) is 4.98 Å². The number of hydrogen-bond donors (Lipinski definition) is 2. The highest BCUT2D eigenvalue weighted by atomic mass is 32.2. The first-order valence-corrected chi connectivity index (χ1v) is 10.7. The van der Waals surface area contributed by atoms with Crippen LogP contribution in [-0.2, 0) is 5.75 Å². The largest absolute Gasteiger partial charge is 0.346 e. The second-order valence-electron chi connectivity index (χ2n) is 6.96. The lowest BCUT2D eigenvalue weighted by Crippen LogP contribution is -2.26. The Balaban J connectivity index is 1.34. The Morgan fingerprint density at radius 2 is 1.67 bits per heavy atom. The van der Waals surface area contributed by atoms with Crippen LogP contribution in [0.5, 0.6) is 0 Å². The Bertz CT molecular complexity index is 1080. The number of benzene rings is 3. The summed E-state index contributed by atoms with van der Waals surface area (Å²) in [6, 6.07) is 26.1. The van der Waals surface area contributed by atoms with Gasteiger partial charge in [-0.05, 0) is 41.3 Å². The summed E-state index contributed by atoms with van der Waals surface area (Å²) in [5.74, 6) is 0.686. The number of H-pyrrole nitrogens is 1. The second kappa shape index (κ2) is 9.41. The minimum absolute atomic E-state index is 0.0796. The van der Waals surface area contributed by atoms with E-state index < -0.39 is 0 Å². The van der Waals surface area contributed by atoms with Crippen LogP contribution in [0.25, 0.3) is 11.1 Å². The molecule has 150 valence electrons. The third kappa shape index (κ3) is 4.96. The topological polar surface area (TPSA) is 70.7 Å². The van der Waals surface area contributed by atoms with E-state index >= 15 is 0 Å². The second-order valence-corrected chi connectivity index (χ2v) is 7.92. The van der Waals surface area contributed by atoms with E-state index in [1.807, 2.05) is 49.4 Å². The van der Waals surface area contributed by atoms with Crippen molar-refractivity contribution < 1.29 is 4.79 Å². The van der Waals surface area contributed by atoms with Crippen LogP contribution < -0.4 is 5.32 Å². The molecule has 0 radical (unpaired) electrons. The molecule has 0 aliphatic carbocycles. The van der Waals surface area contributed by atoms with Crippen molar-refractivity contribution in [2.75, 3.05) is 0 Å². The quantitative estimate of drug-likeness (QED) is 0.405. The van der Waals surface area contributed by atoms with Crippen LogP contribution in [0.15, 0.2) is 90.3 Å². The monoisotopic (exact) mass is 414 g/mol. The molecule has 30 heavy (non-hydrogen) atoms. The first-order chi connectivity index (χ1) is 14.7. The molecule has 1 atom stereocenters. The summed E-state index contributed by atoms with van der Waals surface area (Å²) < 4.78 is 0. The zero-order valence-corrected chi connectivity index (χ0v) is 17.4. The predicted octanol–water partition coefficient (Wildman–Crippen LogP) is 5.26. The van der Waals surface area contributed by atoms with Crippen LogP contribution in [0.3, 0.4) is 0 Å². The Kier molecular flexibility index (Phi) is 6.25. The Morgan fingerprint density at radius 3 is 2.33 bits per heavy atom. The lowest BCUT2D eigenvalue weighted by Gasteiger charge is -2.15. The summed E-state index contributed by atoms with van der Waals surface area (Å²) in [5, 5.41) is 10.5. The smallest absolute Gasteiger partial charge is 0.251 e. The SMILES string of the molecule is CC(NC(=O)c1ccc(CSc2ncn[nH]2)cc1)c1ccc(-c2ccccc2)cc1. The Labute approximate surface area is 180 Å². The number of aromatic nitrogens is 3. The summed E-state index contributed by atoms with van der Waals surface area (Å²) in [6.07, 6.45) is 1.49.